The molecular weight excluding hydrogens is 861 g/mol. The maximum Gasteiger partial charge on any atom is 0.0543 e. The lowest BCUT2D eigenvalue weighted by atomic mass is 9.81. The van der Waals surface area contributed by atoms with E-state index in [1.807, 2.05) is 0 Å². The summed E-state index contributed by atoms with van der Waals surface area (Å²) in [6.45, 7) is 4.81. The molecule has 0 atom stereocenters. The highest BCUT2D eigenvalue weighted by Gasteiger charge is 2.38. The van der Waals surface area contributed by atoms with Gasteiger partial charge in [-0.1, -0.05) is 153 Å². The Morgan fingerprint density at radius 1 is 0.296 bits per heavy atom. The molecule has 13 aromatic rings. The molecule has 0 aliphatic heterocycles. The van der Waals surface area contributed by atoms with E-state index in [0.717, 1.165) is 45.5 Å². The zero-order valence-electron chi connectivity index (χ0n) is 39.5. The highest BCUT2D eigenvalue weighted by Crippen LogP contribution is 2.56. The lowest BCUT2D eigenvalue weighted by Crippen LogP contribution is -2.18. The number of hydrogen-bond donors (Lipinski definition) is 0. The maximum absolute atomic E-state index is 2.48. The summed E-state index contributed by atoms with van der Waals surface area (Å²) in [6, 6.07) is 93.3. The summed E-state index contributed by atoms with van der Waals surface area (Å²) in [4.78, 5) is 4.85. The zero-order valence-corrected chi connectivity index (χ0v) is 39.5. The Morgan fingerprint density at radius 3 is 1.14 bits per heavy atom. The molecule has 0 N–H and O–H groups in total. The predicted molar refractivity (Wildman–Crippen MR) is 300 cm³/mol. The second kappa shape index (κ2) is 16.0. The quantitative estimate of drug-likeness (QED) is 0.151. The van der Waals surface area contributed by atoms with Crippen molar-refractivity contribution in [3.05, 3.63) is 266 Å². The van der Waals surface area contributed by atoms with Crippen LogP contribution >= 0.6 is 0 Å². The Morgan fingerprint density at radius 2 is 0.662 bits per heavy atom. The van der Waals surface area contributed by atoms with Crippen LogP contribution in [0.5, 0.6) is 0 Å². The van der Waals surface area contributed by atoms with Crippen molar-refractivity contribution < 1.29 is 0 Å². The summed E-state index contributed by atoms with van der Waals surface area (Å²) in [5, 5.41) is 7.51. The molecule has 0 saturated carbocycles. The summed E-state index contributed by atoms with van der Waals surface area (Å²) in [7, 11) is 0. The van der Waals surface area contributed by atoms with E-state index in [4.69, 9.17) is 0 Å². The van der Waals surface area contributed by atoms with Crippen LogP contribution < -0.4 is 9.80 Å². The van der Waals surface area contributed by atoms with Gasteiger partial charge in [0.15, 0.2) is 0 Å². The van der Waals surface area contributed by atoms with E-state index < -0.39 is 0 Å². The molecule has 0 saturated heterocycles. The molecule has 0 fully saturated rings. The molecule has 336 valence electrons. The second-order valence-corrected chi connectivity index (χ2v) is 19.3. The smallest absolute Gasteiger partial charge is 0.0543 e. The number of fused-ring (bicyclic) bond motifs is 11. The van der Waals surface area contributed by atoms with E-state index in [2.05, 4.69) is 288 Å². The van der Waals surface area contributed by atoms with E-state index in [1.54, 1.807) is 0 Å². The summed E-state index contributed by atoms with van der Waals surface area (Å²) in [5.74, 6) is 0. The Hall–Kier alpha value is -9.12. The lowest BCUT2D eigenvalue weighted by Gasteiger charge is -2.30. The van der Waals surface area contributed by atoms with Crippen LogP contribution in [0.2, 0.25) is 0 Å². The van der Waals surface area contributed by atoms with E-state index in [-0.39, 0.29) is 5.41 Å². The van der Waals surface area contributed by atoms with Crippen LogP contribution in [0.3, 0.4) is 0 Å². The standard InChI is InChI=1S/C67H48N4/c1-67(2)59-43-51(68(45-19-5-3-6-20-45)47-33-37-49(38-34-47)70-61-29-15-11-23-52(61)53-24-12-16-30-62(53)70)41-42-58(59)66-57-28-10-9-27-56(57)65(44-60(66)67)69(46-21-7-4-8-22-46)48-35-39-50(40-36-48)71-63-31-17-13-25-54(63)55-26-14-18-32-64(55)71/h3-44H,1-2H3. The maximum atomic E-state index is 2.48. The summed E-state index contributed by atoms with van der Waals surface area (Å²) in [5.41, 5.74) is 18.7. The van der Waals surface area contributed by atoms with Crippen LogP contribution in [-0.2, 0) is 5.41 Å². The van der Waals surface area contributed by atoms with Crippen molar-refractivity contribution in [1.82, 2.24) is 9.13 Å². The first-order valence-corrected chi connectivity index (χ1v) is 24.6. The Kier molecular flexibility index (Phi) is 9.21. The molecule has 2 heterocycles. The van der Waals surface area contributed by atoms with Crippen molar-refractivity contribution in [2.24, 2.45) is 0 Å². The molecule has 4 heteroatoms. The fraction of sp³-hybridized carbons (Fsp3) is 0.0448. The fourth-order valence-corrected chi connectivity index (χ4v) is 11.8. The van der Waals surface area contributed by atoms with Gasteiger partial charge in [0.05, 0.1) is 27.8 Å². The number of hydrogen-bond acceptors (Lipinski definition) is 2. The van der Waals surface area contributed by atoms with Gasteiger partial charge in [0, 0.05) is 72.2 Å². The summed E-state index contributed by atoms with van der Waals surface area (Å²) >= 11 is 0. The lowest BCUT2D eigenvalue weighted by molar-refractivity contribution is 0.661. The first kappa shape index (κ1) is 40.9. The molecule has 14 rings (SSSR count). The van der Waals surface area contributed by atoms with E-state index in [1.165, 1.54) is 76.6 Å². The third-order valence-electron chi connectivity index (χ3n) is 15.1. The molecule has 71 heavy (non-hydrogen) atoms. The molecule has 11 aromatic carbocycles. The van der Waals surface area contributed by atoms with Gasteiger partial charge in [-0.25, -0.2) is 0 Å². The molecule has 4 nitrogen and oxygen atoms in total. The number of aromatic nitrogens is 2. The van der Waals surface area contributed by atoms with Crippen molar-refractivity contribution in [3.8, 4) is 22.5 Å². The molecule has 2 aromatic heterocycles. The minimum Gasteiger partial charge on any atom is -0.310 e. The average molecular weight is 909 g/mol. The molecule has 0 bridgehead atoms. The third-order valence-corrected chi connectivity index (χ3v) is 15.1. The highest BCUT2D eigenvalue weighted by molar-refractivity contribution is 6.12. The summed E-state index contributed by atoms with van der Waals surface area (Å²) in [6.07, 6.45) is 0. The second-order valence-electron chi connectivity index (χ2n) is 19.3. The van der Waals surface area contributed by atoms with E-state index in [9.17, 15) is 0 Å². The van der Waals surface area contributed by atoms with Crippen LogP contribution in [-0.4, -0.2) is 9.13 Å². The van der Waals surface area contributed by atoms with Gasteiger partial charge in [-0.05, 0) is 143 Å². The van der Waals surface area contributed by atoms with Crippen LogP contribution in [0.15, 0.2) is 255 Å². The molecule has 1 aliphatic carbocycles. The van der Waals surface area contributed by atoms with Crippen LogP contribution in [0.4, 0.5) is 34.1 Å². The highest BCUT2D eigenvalue weighted by atomic mass is 15.2. The minimum atomic E-state index is -0.315. The Balaban J connectivity index is 0.886. The van der Waals surface area contributed by atoms with Gasteiger partial charge in [0.1, 0.15) is 0 Å². The number of benzene rings is 11. The van der Waals surface area contributed by atoms with Crippen LogP contribution in [0, 0.1) is 0 Å². The Labute approximate surface area is 413 Å². The average Bonchev–Trinajstić information content (AvgIpc) is 4.03. The summed E-state index contributed by atoms with van der Waals surface area (Å²) < 4.78 is 4.77. The molecule has 0 amide bonds. The predicted octanol–water partition coefficient (Wildman–Crippen LogP) is 18.3. The third kappa shape index (κ3) is 6.31. The topological polar surface area (TPSA) is 16.3 Å². The van der Waals surface area contributed by atoms with E-state index >= 15 is 0 Å². The van der Waals surface area contributed by atoms with Crippen molar-refractivity contribution in [2.75, 3.05) is 9.80 Å². The van der Waals surface area contributed by atoms with Gasteiger partial charge in [-0.3, -0.25) is 0 Å². The number of anilines is 6. The van der Waals surface area contributed by atoms with Gasteiger partial charge in [-0.2, -0.15) is 0 Å². The number of nitrogens with zero attached hydrogens (tertiary/aromatic N) is 4. The van der Waals surface area contributed by atoms with Gasteiger partial charge < -0.3 is 18.9 Å². The zero-order chi connectivity index (χ0) is 47.2. The van der Waals surface area contributed by atoms with Crippen LogP contribution in [0.25, 0.3) is 76.9 Å². The molecule has 0 radical (unpaired) electrons. The minimum absolute atomic E-state index is 0.315. The Bertz CT molecular complexity index is 4080. The molecular formula is C67H48N4. The van der Waals surface area contributed by atoms with Crippen LogP contribution in [0.1, 0.15) is 25.0 Å². The molecule has 0 unspecified atom stereocenters. The van der Waals surface area contributed by atoms with Gasteiger partial charge in [-0.15, -0.1) is 0 Å². The normalized spacial score (nSPS) is 12.8. The van der Waals surface area contributed by atoms with Gasteiger partial charge in [0.2, 0.25) is 0 Å². The first-order chi connectivity index (χ1) is 35.0. The molecule has 0 spiro atoms. The van der Waals surface area contributed by atoms with Gasteiger partial charge >= 0.3 is 0 Å². The monoisotopic (exact) mass is 908 g/mol. The van der Waals surface area contributed by atoms with Gasteiger partial charge in [0.25, 0.3) is 0 Å². The van der Waals surface area contributed by atoms with E-state index in [0.29, 0.717) is 0 Å². The number of para-hydroxylation sites is 6. The first-order valence-electron chi connectivity index (χ1n) is 24.6. The van der Waals surface area contributed by atoms with Crippen molar-refractivity contribution in [2.45, 2.75) is 19.3 Å². The SMILES string of the molecule is CC1(C)c2cc(N(c3ccccc3)c3ccc(-n4c5ccccc5c5ccccc54)cc3)ccc2-c2c1cc(N(c1ccccc1)c1ccc(-n3c4ccccc4c4ccccc43)cc1)c1ccccc21. The van der Waals surface area contributed by atoms with Crippen molar-refractivity contribution in [3.63, 3.8) is 0 Å². The van der Waals surface area contributed by atoms with Crippen molar-refractivity contribution >= 4 is 88.5 Å². The van der Waals surface area contributed by atoms with Crippen molar-refractivity contribution in [1.29, 1.82) is 0 Å². The number of rotatable bonds is 8. The fourth-order valence-electron chi connectivity index (χ4n) is 11.8. The molecule has 1 aliphatic rings. The largest absolute Gasteiger partial charge is 0.310 e.